The number of tetrazole rings is 1. The van der Waals surface area contributed by atoms with Crippen molar-refractivity contribution < 1.29 is 0 Å². The van der Waals surface area contributed by atoms with Crippen molar-refractivity contribution in [2.75, 3.05) is 0 Å². The molecule has 0 fully saturated rings. The van der Waals surface area contributed by atoms with Crippen molar-refractivity contribution in [1.29, 1.82) is 0 Å². The van der Waals surface area contributed by atoms with Crippen LogP contribution in [0.5, 0.6) is 0 Å². The molecule has 0 atom stereocenters. The first kappa shape index (κ1) is 23.5. The third-order valence-electron chi connectivity index (χ3n) is 6.12. The summed E-state index contributed by atoms with van der Waals surface area (Å²) in [4.78, 5) is 18.2. The Morgan fingerprint density at radius 2 is 1.86 bits per heavy atom. The highest BCUT2D eigenvalue weighted by Crippen LogP contribution is 2.24. The van der Waals surface area contributed by atoms with Gasteiger partial charge in [0.1, 0.15) is 5.82 Å². The molecule has 5 aromatic rings. The molecule has 1 aromatic carbocycles. The lowest BCUT2D eigenvalue weighted by atomic mass is 10.0. The second kappa shape index (κ2) is 10.2. The summed E-state index contributed by atoms with van der Waals surface area (Å²) in [7, 11) is 0. The highest BCUT2D eigenvalue weighted by molar-refractivity contribution is 5.70. The summed E-state index contributed by atoms with van der Waals surface area (Å²) in [5.74, 6) is 1.92. The van der Waals surface area contributed by atoms with E-state index in [1.807, 2.05) is 65.5 Å². The van der Waals surface area contributed by atoms with E-state index in [0.29, 0.717) is 18.3 Å². The van der Waals surface area contributed by atoms with Crippen LogP contribution in [0.1, 0.15) is 38.6 Å². The maximum absolute atomic E-state index is 13.6. The van der Waals surface area contributed by atoms with Crippen molar-refractivity contribution in [3.05, 3.63) is 89.0 Å². The van der Waals surface area contributed by atoms with Crippen molar-refractivity contribution in [2.24, 2.45) is 5.92 Å². The Labute approximate surface area is 209 Å². The number of aromatic amines is 1. The zero-order valence-corrected chi connectivity index (χ0v) is 20.8. The van der Waals surface area contributed by atoms with Crippen LogP contribution in [-0.4, -0.2) is 39.3 Å². The van der Waals surface area contributed by atoms with Crippen LogP contribution in [0.15, 0.2) is 71.9 Å². The Kier molecular flexibility index (Phi) is 6.62. The number of benzene rings is 1. The van der Waals surface area contributed by atoms with Crippen LogP contribution in [0, 0.1) is 5.92 Å². The monoisotopic (exact) mass is 482 g/mol. The largest absolute Gasteiger partial charge is 0.334 e. The van der Waals surface area contributed by atoms with Crippen LogP contribution in [0.2, 0.25) is 0 Å². The van der Waals surface area contributed by atoms with Crippen molar-refractivity contribution in [3.63, 3.8) is 0 Å². The maximum Gasteiger partial charge on any atom is 0.334 e. The molecule has 0 unspecified atom stereocenters. The van der Waals surface area contributed by atoms with Gasteiger partial charge in [-0.2, -0.15) is 5.21 Å². The highest BCUT2D eigenvalue weighted by Gasteiger charge is 2.16. The third-order valence-corrected chi connectivity index (χ3v) is 6.12. The Morgan fingerprint density at radius 1 is 1.03 bits per heavy atom. The minimum absolute atomic E-state index is 0.0477. The highest BCUT2D eigenvalue weighted by atomic mass is 16.1. The number of hydrogen-bond donors (Lipinski definition) is 1. The fourth-order valence-corrected chi connectivity index (χ4v) is 4.52. The van der Waals surface area contributed by atoms with Gasteiger partial charge in [0.15, 0.2) is 0 Å². The van der Waals surface area contributed by atoms with Crippen LogP contribution in [-0.2, 0) is 19.5 Å². The molecular formula is C27H30N8O. The number of aromatic nitrogens is 8. The average molecular weight is 483 g/mol. The summed E-state index contributed by atoms with van der Waals surface area (Å²) < 4.78 is 5.76. The normalized spacial score (nSPS) is 11.4. The van der Waals surface area contributed by atoms with E-state index >= 15 is 0 Å². The predicted molar refractivity (Wildman–Crippen MR) is 139 cm³/mol. The van der Waals surface area contributed by atoms with Gasteiger partial charge in [0, 0.05) is 36.4 Å². The smallest absolute Gasteiger partial charge is 0.334 e. The number of H-pyrrole nitrogens is 1. The summed E-state index contributed by atoms with van der Waals surface area (Å²) >= 11 is 0. The second-order valence-corrected chi connectivity index (χ2v) is 9.37. The van der Waals surface area contributed by atoms with Crippen LogP contribution in [0.25, 0.3) is 28.3 Å². The molecular weight excluding hydrogens is 452 g/mol. The lowest BCUT2D eigenvalue weighted by molar-refractivity contribution is 0.516. The van der Waals surface area contributed by atoms with Gasteiger partial charge < -0.3 is 4.57 Å². The number of rotatable bonds is 9. The van der Waals surface area contributed by atoms with E-state index < -0.39 is 0 Å². The molecule has 4 heterocycles. The van der Waals surface area contributed by atoms with Crippen LogP contribution in [0.3, 0.4) is 0 Å². The van der Waals surface area contributed by atoms with E-state index in [9.17, 15) is 4.79 Å². The van der Waals surface area contributed by atoms with Gasteiger partial charge in [-0.05, 0) is 59.0 Å². The summed E-state index contributed by atoms with van der Waals surface area (Å²) in [5, 5.41) is 14.3. The molecule has 0 saturated carbocycles. The zero-order valence-electron chi connectivity index (χ0n) is 20.8. The standard InChI is InChI=1S/C27H30N8O/c1-4-7-24-18-35(25-10-6-13-33(25)16-19(2)3)27(36)34(24)17-23-15-21(11-12-28-23)20-8-5-9-22(14-20)26-29-31-32-30-26/h5-6,8-15,18-19H,4,7,16-17H2,1-3H3,(H,29,30,31,32). The van der Waals surface area contributed by atoms with Gasteiger partial charge in [-0.25, -0.2) is 4.79 Å². The van der Waals surface area contributed by atoms with E-state index in [1.165, 1.54) is 0 Å². The molecule has 1 N–H and O–H groups in total. The van der Waals surface area contributed by atoms with Crippen LogP contribution in [0.4, 0.5) is 0 Å². The molecule has 9 heteroatoms. The minimum atomic E-state index is -0.0477. The topological polar surface area (TPSA) is 99.2 Å². The van der Waals surface area contributed by atoms with Gasteiger partial charge in [-0.3, -0.25) is 14.1 Å². The van der Waals surface area contributed by atoms with Gasteiger partial charge in [-0.15, -0.1) is 10.2 Å². The van der Waals surface area contributed by atoms with Gasteiger partial charge in [0.2, 0.25) is 5.82 Å². The molecule has 36 heavy (non-hydrogen) atoms. The second-order valence-electron chi connectivity index (χ2n) is 9.37. The number of nitrogens with one attached hydrogen (secondary N) is 1. The minimum Gasteiger partial charge on any atom is -0.334 e. The molecule has 0 bridgehead atoms. The van der Waals surface area contributed by atoms with E-state index in [1.54, 1.807) is 10.8 Å². The quantitative estimate of drug-likeness (QED) is 0.337. The van der Waals surface area contributed by atoms with Gasteiger partial charge in [0.05, 0.1) is 12.2 Å². The van der Waals surface area contributed by atoms with Crippen molar-refractivity contribution in [3.8, 4) is 28.3 Å². The van der Waals surface area contributed by atoms with Crippen molar-refractivity contribution in [1.82, 2.24) is 39.3 Å². The zero-order chi connectivity index (χ0) is 25.1. The summed E-state index contributed by atoms with van der Waals surface area (Å²) in [6.07, 6.45) is 7.58. The van der Waals surface area contributed by atoms with Crippen LogP contribution < -0.4 is 5.69 Å². The predicted octanol–water partition coefficient (Wildman–Crippen LogP) is 4.34. The molecule has 5 rings (SSSR count). The molecule has 0 amide bonds. The molecule has 0 spiro atoms. The summed E-state index contributed by atoms with van der Waals surface area (Å²) in [6, 6.07) is 16.0. The van der Waals surface area contributed by atoms with E-state index in [4.69, 9.17) is 0 Å². The van der Waals surface area contributed by atoms with E-state index in [2.05, 4.69) is 50.9 Å². The lowest BCUT2D eigenvalue weighted by Gasteiger charge is -2.11. The molecule has 0 radical (unpaired) electrons. The summed E-state index contributed by atoms with van der Waals surface area (Å²) in [6.45, 7) is 7.75. The Morgan fingerprint density at radius 3 is 2.64 bits per heavy atom. The molecule has 0 aliphatic heterocycles. The first-order valence-electron chi connectivity index (χ1n) is 12.3. The van der Waals surface area contributed by atoms with Gasteiger partial charge in [-0.1, -0.05) is 45.4 Å². The Hall–Kier alpha value is -4.27. The van der Waals surface area contributed by atoms with E-state index in [0.717, 1.165) is 53.3 Å². The number of nitrogens with zero attached hydrogens (tertiary/aromatic N) is 7. The molecule has 184 valence electrons. The van der Waals surface area contributed by atoms with Crippen molar-refractivity contribution in [2.45, 2.75) is 46.7 Å². The average Bonchev–Trinajstić information content (AvgIpc) is 3.63. The SMILES string of the molecule is CCCc1cn(-c2cccn2CC(C)C)c(=O)n1Cc1cc(-c2cccc(-c3nn[nH]n3)c2)ccn1. The fraction of sp³-hybridized carbons (Fsp3) is 0.296. The number of aryl methyl sites for hydroxylation is 1. The summed E-state index contributed by atoms with van der Waals surface area (Å²) in [5.41, 5.74) is 4.70. The number of imidazole rings is 1. The molecule has 9 nitrogen and oxygen atoms in total. The fourth-order valence-electron chi connectivity index (χ4n) is 4.52. The Balaban J connectivity index is 1.48. The first-order valence-corrected chi connectivity index (χ1v) is 12.3. The third kappa shape index (κ3) is 4.77. The Bertz CT molecular complexity index is 1510. The lowest BCUT2D eigenvalue weighted by Crippen LogP contribution is -2.26. The first-order chi connectivity index (χ1) is 17.5. The molecule has 0 aliphatic rings. The maximum atomic E-state index is 13.6. The van der Waals surface area contributed by atoms with Crippen molar-refractivity contribution >= 4 is 0 Å². The van der Waals surface area contributed by atoms with Crippen LogP contribution >= 0.6 is 0 Å². The molecule has 0 saturated heterocycles. The van der Waals surface area contributed by atoms with Gasteiger partial charge >= 0.3 is 5.69 Å². The molecule has 4 aromatic heterocycles. The molecule has 0 aliphatic carbocycles. The number of hydrogen-bond acceptors (Lipinski definition) is 5. The number of pyridine rings is 1. The van der Waals surface area contributed by atoms with E-state index in [-0.39, 0.29) is 5.69 Å². The van der Waals surface area contributed by atoms with Gasteiger partial charge in [0.25, 0.3) is 0 Å².